The number of rotatable bonds is 8. The van der Waals surface area contributed by atoms with Crippen LogP contribution in [0.1, 0.15) is 92.4 Å². The van der Waals surface area contributed by atoms with Crippen LogP contribution in [0.25, 0.3) is 0 Å². The second kappa shape index (κ2) is 11.1. The third-order valence-electron chi connectivity index (χ3n) is 8.35. The Kier molecular flexibility index (Phi) is 8.85. The van der Waals surface area contributed by atoms with E-state index in [1.54, 1.807) is 6.92 Å². The third-order valence-corrected chi connectivity index (χ3v) is 8.35. The molecule has 1 N–H and O–H groups in total. The molecule has 1 aliphatic carbocycles. The van der Waals surface area contributed by atoms with Crippen LogP contribution in [0.5, 0.6) is 0 Å². The number of carbonyl (C=O) groups is 3. The summed E-state index contributed by atoms with van der Waals surface area (Å²) in [6, 6.07) is 0. The SMILES string of the molecule is C=C1CCC(C(C)COC(=O)CCC)C2C1C(=O)CC(C)(O)C1CCC(C)(OC(=O)CCC)C2O1. The smallest absolute Gasteiger partial charge is 0.306 e. The van der Waals surface area contributed by atoms with Crippen molar-refractivity contribution in [2.45, 2.75) is 116 Å². The molecule has 0 aromatic rings. The van der Waals surface area contributed by atoms with E-state index in [1.165, 1.54) is 0 Å². The maximum absolute atomic E-state index is 13.6. The van der Waals surface area contributed by atoms with Crippen molar-refractivity contribution >= 4 is 17.7 Å². The van der Waals surface area contributed by atoms with Gasteiger partial charge in [-0.3, -0.25) is 14.4 Å². The minimum atomic E-state index is -1.30. The summed E-state index contributed by atoms with van der Waals surface area (Å²) in [5.41, 5.74) is -1.38. The molecule has 7 nitrogen and oxygen atoms in total. The number of esters is 2. The van der Waals surface area contributed by atoms with E-state index in [2.05, 4.69) is 13.5 Å². The van der Waals surface area contributed by atoms with E-state index in [1.807, 2.05) is 20.8 Å². The number of hydrogen-bond acceptors (Lipinski definition) is 7. The zero-order chi connectivity index (χ0) is 26.0. The predicted octanol–water partition coefficient (Wildman–Crippen LogP) is 4.54. The van der Waals surface area contributed by atoms with E-state index in [4.69, 9.17) is 14.2 Å². The monoisotopic (exact) mass is 492 g/mol. The van der Waals surface area contributed by atoms with E-state index in [0.29, 0.717) is 38.5 Å². The molecule has 7 heteroatoms. The van der Waals surface area contributed by atoms with Gasteiger partial charge in [0, 0.05) is 31.1 Å². The Hall–Kier alpha value is -1.73. The van der Waals surface area contributed by atoms with Crippen LogP contribution in [-0.2, 0) is 28.6 Å². The molecular weight excluding hydrogens is 448 g/mol. The highest BCUT2D eigenvalue weighted by Gasteiger charge is 2.59. The molecule has 3 rings (SSSR count). The molecule has 35 heavy (non-hydrogen) atoms. The Morgan fingerprint density at radius 3 is 2.49 bits per heavy atom. The molecule has 0 amide bonds. The first-order valence-corrected chi connectivity index (χ1v) is 13.4. The maximum Gasteiger partial charge on any atom is 0.306 e. The van der Waals surface area contributed by atoms with E-state index < -0.39 is 29.3 Å². The van der Waals surface area contributed by atoms with Crippen LogP contribution in [0, 0.1) is 23.7 Å². The molecule has 2 bridgehead atoms. The molecule has 3 aliphatic rings. The van der Waals surface area contributed by atoms with Crippen LogP contribution >= 0.6 is 0 Å². The van der Waals surface area contributed by atoms with Crippen molar-refractivity contribution in [2.75, 3.05) is 6.61 Å². The van der Waals surface area contributed by atoms with E-state index in [0.717, 1.165) is 18.4 Å². The van der Waals surface area contributed by atoms with Gasteiger partial charge in [0.2, 0.25) is 0 Å². The second-order valence-corrected chi connectivity index (χ2v) is 11.4. The lowest BCUT2D eigenvalue weighted by Gasteiger charge is -2.56. The highest BCUT2D eigenvalue weighted by molar-refractivity contribution is 5.85. The van der Waals surface area contributed by atoms with Gasteiger partial charge in [0.15, 0.2) is 0 Å². The highest BCUT2D eigenvalue weighted by atomic mass is 16.6. The molecule has 0 radical (unpaired) electrons. The van der Waals surface area contributed by atoms with E-state index in [9.17, 15) is 19.5 Å². The molecule has 2 saturated heterocycles. The van der Waals surface area contributed by atoms with Crippen molar-refractivity contribution < 1.29 is 33.7 Å². The van der Waals surface area contributed by atoms with Crippen molar-refractivity contribution in [3.8, 4) is 0 Å². The van der Waals surface area contributed by atoms with Gasteiger partial charge < -0.3 is 19.3 Å². The van der Waals surface area contributed by atoms with Gasteiger partial charge in [-0.15, -0.1) is 0 Å². The predicted molar refractivity (Wildman–Crippen MR) is 131 cm³/mol. The van der Waals surface area contributed by atoms with Crippen LogP contribution in [0.4, 0.5) is 0 Å². The summed E-state index contributed by atoms with van der Waals surface area (Å²) in [7, 11) is 0. The molecule has 198 valence electrons. The Morgan fingerprint density at radius 1 is 1.17 bits per heavy atom. The van der Waals surface area contributed by atoms with Crippen LogP contribution in [0.2, 0.25) is 0 Å². The van der Waals surface area contributed by atoms with Crippen LogP contribution in [0.3, 0.4) is 0 Å². The third kappa shape index (κ3) is 5.99. The number of Topliss-reactive ketones (excluding diaryl/α,β-unsaturated/α-hetero) is 1. The van der Waals surface area contributed by atoms with E-state index in [-0.39, 0.29) is 48.5 Å². The molecule has 2 aliphatic heterocycles. The molecule has 2 heterocycles. The number of carbonyl (C=O) groups excluding carboxylic acids is 3. The van der Waals surface area contributed by atoms with Crippen LogP contribution in [0.15, 0.2) is 12.2 Å². The van der Waals surface area contributed by atoms with Crippen LogP contribution in [-0.4, -0.2) is 52.8 Å². The quantitative estimate of drug-likeness (QED) is 0.392. The largest absolute Gasteiger partial charge is 0.465 e. The molecule has 1 saturated carbocycles. The number of aliphatic hydroxyl groups is 1. The Bertz CT molecular complexity index is 818. The lowest BCUT2D eigenvalue weighted by Crippen LogP contribution is -2.64. The average Bonchev–Trinajstić information content (AvgIpc) is 2.76. The fourth-order valence-corrected chi connectivity index (χ4v) is 6.45. The summed E-state index contributed by atoms with van der Waals surface area (Å²) >= 11 is 0. The normalized spacial score (nSPS) is 38.1. The van der Waals surface area contributed by atoms with Gasteiger partial charge in [-0.25, -0.2) is 0 Å². The zero-order valence-corrected chi connectivity index (χ0v) is 22.1. The van der Waals surface area contributed by atoms with Crippen molar-refractivity contribution in [2.24, 2.45) is 23.7 Å². The standard InChI is InChI=1S/C28H44O7/c1-7-9-22(30)33-16-18(4)19-12-11-17(3)24-20(29)15-27(5,32)21-13-14-28(6,26(34-21)25(19)24)35-23(31)10-8-2/h18-19,21,24-26,32H,3,7-16H2,1-2,4-6H3. The summed E-state index contributed by atoms with van der Waals surface area (Å²) in [5.74, 6) is -1.30. The Labute approximate surface area is 210 Å². The number of fused-ring (bicyclic) bond motifs is 4. The number of ketones is 1. The zero-order valence-electron chi connectivity index (χ0n) is 22.1. The molecule has 0 aromatic carbocycles. The summed E-state index contributed by atoms with van der Waals surface area (Å²) in [6.07, 6.45) is 3.55. The summed E-state index contributed by atoms with van der Waals surface area (Å²) < 4.78 is 18.3. The maximum atomic E-state index is 13.6. The molecule has 8 atom stereocenters. The van der Waals surface area contributed by atoms with Gasteiger partial charge in [-0.2, -0.15) is 0 Å². The van der Waals surface area contributed by atoms with Gasteiger partial charge in [0.05, 0.1) is 18.3 Å². The minimum absolute atomic E-state index is 0.00347. The molecular formula is C28H44O7. The number of hydrogen-bond donors (Lipinski definition) is 1. The van der Waals surface area contributed by atoms with Crippen molar-refractivity contribution in [3.05, 3.63) is 12.2 Å². The lowest BCUT2D eigenvalue weighted by atomic mass is 9.57. The van der Waals surface area contributed by atoms with Gasteiger partial charge >= 0.3 is 11.9 Å². The van der Waals surface area contributed by atoms with Crippen molar-refractivity contribution in [3.63, 3.8) is 0 Å². The number of ether oxygens (including phenoxy) is 3. The fourth-order valence-electron chi connectivity index (χ4n) is 6.45. The lowest BCUT2D eigenvalue weighted by molar-refractivity contribution is -0.256. The first-order chi connectivity index (χ1) is 16.4. The Balaban J connectivity index is 1.99. The fraction of sp³-hybridized carbons (Fsp3) is 0.821. The Morgan fingerprint density at radius 2 is 1.83 bits per heavy atom. The molecule has 0 spiro atoms. The average molecular weight is 493 g/mol. The first kappa shape index (κ1) is 27.9. The van der Waals surface area contributed by atoms with Gasteiger partial charge in [-0.1, -0.05) is 32.9 Å². The van der Waals surface area contributed by atoms with Gasteiger partial charge in [0.1, 0.15) is 17.5 Å². The van der Waals surface area contributed by atoms with E-state index >= 15 is 0 Å². The summed E-state index contributed by atoms with van der Waals surface area (Å²) in [4.78, 5) is 38.3. The second-order valence-electron chi connectivity index (χ2n) is 11.4. The van der Waals surface area contributed by atoms with Gasteiger partial charge in [0.25, 0.3) is 0 Å². The highest BCUT2D eigenvalue weighted by Crippen LogP contribution is 2.53. The summed E-state index contributed by atoms with van der Waals surface area (Å²) in [5, 5.41) is 11.2. The minimum Gasteiger partial charge on any atom is -0.465 e. The summed E-state index contributed by atoms with van der Waals surface area (Å²) in [6.45, 7) is 14.0. The van der Waals surface area contributed by atoms with Crippen molar-refractivity contribution in [1.29, 1.82) is 0 Å². The van der Waals surface area contributed by atoms with Crippen LogP contribution < -0.4 is 0 Å². The topological polar surface area (TPSA) is 99.1 Å². The molecule has 0 aromatic heterocycles. The van der Waals surface area contributed by atoms with Gasteiger partial charge in [-0.05, 0) is 64.2 Å². The number of allylic oxidation sites excluding steroid dienone is 1. The molecule has 3 fully saturated rings. The van der Waals surface area contributed by atoms with Crippen molar-refractivity contribution in [1.82, 2.24) is 0 Å². The first-order valence-electron chi connectivity index (χ1n) is 13.4. The molecule has 8 unspecified atom stereocenters.